The number of piperidine rings is 1. The van der Waals surface area contributed by atoms with Crippen molar-refractivity contribution in [1.29, 1.82) is 0 Å². The Morgan fingerprint density at radius 2 is 2.08 bits per heavy atom. The molecule has 3 rings (SSSR count). The summed E-state index contributed by atoms with van der Waals surface area (Å²) in [5.74, 6) is -0.504. The smallest absolute Gasteiger partial charge is 0.310 e. The highest BCUT2D eigenvalue weighted by Gasteiger charge is 2.31. The fourth-order valence-electron chi connectivity index (χ4n) is 2.74. The summed E-state index contributed by atoms with van der Waals surface area (Å²) in [5.41, 5.74) is -0.847. The molecule has 11 heteroatoms. The van der Waals surface area contributed by atoms with Gasteiger partial charge in [-0.1, -0.05) is 0 Å². The molecule has 3 heterocycles. The molecule has 0 radical (unpaired) electrons. The van der Waals surface area contributed by atoms with Crippen molar-refractivity contribution in [2.75, 3.05) is 25.0 Å². The Morgan fingerprint density at radius 1 is 1.32 bits per heavy atom. The number of amides is 1. The van der Waals surface area contributed by atoms with Gasteiger partial charge < -0.3 is 5.32 Å². The van der Waals surface area contributed by atoms with E-state index < -0.39 is 17.6 Å². The molecule has 0 aromatic carbocycles. The lowest BCUT2D eigenvalue weighted by atomic mass is 10.1. The molecule has 1 fully saturated rings. The van der Waals surface area contributed by atoms with Crippen LogP contribution in [0.25, 0.3) is 0 Å². The van der Waals surface area contributed by atoms with E-state index in [0.717, 1.165) is 31.2 Å². The summed E-state index contributed by atoms with van der Waals surface area (Å²) in [6.45, 7) is 1.45. The summed E-state index contributed by atoms with van der Waals surface area (Å²) >= 11 is 0. The predicted molar refractivity (Wildman–Crippen MR) is 80.4 cm³/mol. The summed E-state index contributed by atoms with van der Waals surface area (Å²) in [6.07, 6.45) is -0.302. The number of carbonyl (C=O) groups excluding carboxylic acids is 1. The number of hydrogen-bond donors (Lipinski definition) is 1. The Hall–Kier alpha value is -2.56. The molecule has 2 aromatic heterocycles. The molecule has 0 atom stereocenters. The van der Waals surface area contributed by atoms with Crippen molar-refractivity contribution in [3.05, 3.63) is 30.2 Å². The zero-order valence-electron chi connectivity index (χ0n) is 13.1. The first-order chi connectivity index (χ1) is 11.9. The van der Waals surface area contributed by atoms with Crippen molar-refractivity contribution >= 4 is 11.7 Å². The second kappa shape index (κ2) is 7.13. The van der Waals surface area contributed by atoms with Crippen molar-refractivity contribution in [3.8, 4) is 0 Å². The quantitative estimate of drug-likeness (QED) is 0.891. The fraction of sp³-hybridized carbons (Fsp3) is 0.500. The number of pyridine rings is 1. The van der Waals surface area contributed by atoms with Gasteiger partial charge in [0.25, 0.3) is 0 Å². The Labute approximate surface area is 141 Å². The van der Waals surface area contributed by atoms with Gasteiger partial charge in [-0.25, -0.2) is 9.67 Å². The number of nitrogens with one attached hydrogen (secondary N) is 1. The van der Waals surface area contributed by atoms with Crippen LogP contribution in [-0.4, -0.2) is 55.6 Å². The molecule has 0 aliphatic carbocycles. The molecule has 1 saturated heterocycles. The minimum atomic E-state index is -4.47. The van der Waals surface area contributed by atoms with E-state index in [-0.39, 0.29) is 18.4 Å². The van der Waals surface area contributed by atoms with E-state index >= 15 is 0 Å². The van der Waals surface area contributed by atoms with Crippen molar-refractivity contribution < 1.29 is 18.0 Å². The van der Waals surface area contributed by atoms with Gasteiger partial charge in [-0.3, -0.25) is 9.69 Å². The molecule has 0 bridgehead atoms. The molecular weight excluding hydrogens is 339 g/mol. The number of hydrogen-bond acceptors (Lipinski definition) is 6. The number of nitrogens with zero attached hydrogens (tertiary/aromatic N) is 6. The fourth-order valence-corrected chi connectivity index (χ4v) is 2.74. The number of rotatable bonds is 4. The summed E-state index contributed by atoms with van der Waals surface area (Å²) in [4.78, 5) is 17.7. The molecule has 1 aliphatic heterocycles. The van der Waals surface area contributed by atoms with Gasteiger partial charge in [-0.05, 0) is 35.4 Å². The SMILES string of the molecule is O=C(CN1CCC(n2cnnn2)CC1)Nc1cc(C(F)(F)F)ccn1. The van der Waals surface area contributed by atoms with Crippen molar-refractivity contribution in [2.24, 2.45) is 0 Å². The largest absolute Gasteiger partial charge is 0.416 e. The molecule has 1 aliphatic rings. The Bertz CT molecular complexity index is 711. The van der Waals surface area contributed by atoms with Crippen LogP contribution < -0.4 is 5.32 Å². The monoisotopic (exact) mass is 355 g/mol. The van der Waals surface area contributed by atoms with Crippen LogP contribution >= 0.6 is 0 Å². The maximum absolute atomic E-state index is 12.7. The number of alkyl halides is 3. The normalized spacial score (nSPS) is 16.8. The average Bonchev–Trinajstić information content (AvgIpc) is 3.09. The third-order valence-corrected chi connectivity index (χ3v) is 4.02. The first-order valence-corrected chi connectivity index (χ1v) is 7.70. The van der Waals surface area contributed by atoms with Gasteiger partial charge in [-0.15, -0.1) is 5.10 Å². The number of anilines is 1. The third kappa shape index (κ3) is 4.50. The second-order valence-electron chi connectivity index (χ2n) is 5.77. The van der Waals surface area contributed by atoms with Crippen LogP contribution in [0.5, 0.6) is 0 Å². The zero-order chi connectivity index (χ0) is 17.9. The summed E-state index contributed by atoms with van der Waals surface area (Å²) in [7, 11) is 0. The lowest BCUT2D eigenvalue weighted by Gasteiger charge is -2.30. The topological polar surface area (TPSA) is 88.8 Å². The van der Waals surface area contributed by atoms with Gasteiger partial charge in [0.1, 0.15) is 12.1 Å². The molecule has 1 amide bonds. The van der Waals surface area contributed by atoms with Gasteiger partial charge in [0, 0.05) is 19.3 Å². The molecule has 0 unspecified atom stereocenters. The molecule has 2 aromatic rings. The zero-order valence-corrected chi connectivity index (χ0v) is 13.1. The first-order valence-electron chi connectivity index (χ1n) is 7.70. The van der Waals surface area contributed by atoms with Crippen LogP contribution in [0.3, 0.4) is 0 Å². The minimum absolute atomic E-state index is 0.0975. The van der Waals surface area contributed by atoms with Gasteiger partial charge in [0.2, 0.25) is 5.91 Å². The molecule has 8 nitrogen and oxygen atoms in total. The molecule has 25 heavy (non-hydrogen) atoms. The molecular formula is C14H16F3N7O. The number of likely N-dealkylation sites (tertiary alicyclic amines) is 1. The standard InChI is InChI=1S/C14H16F3N7O/c15-14(16,17)10-1-4-18-12(7-10)20-13(25)8-23-5-2-11(3-6-23)24-9-19-21-22-24/h1,4,7,9,11H,2-3,5-6,8H2,(H,18,20,25). The van der Waals surface area contributed by atoms with Crippen LogP contribution in [0.2, 0.25) is 0 Å². The number of carbonyl (C=O) groups is 1. The van der Waals surface area contributed by atoms with E-state index in [9.17, 15) is 18.0 Å². The average molecular weight is 355 g/mol. The Balaban J connectivity index is 1.50. The molecule has 134 valence electrons. The summed E-state index contributed by atoms with van der Waals surface area (Å²) < 4.78 is 39.7. The molecule has 0 saturated carbocycles. The van der Waals surface area contributed by atoms with Crippen molar-refractivity contribution in [2.45, 2.75) is 25.1 Å². The Morgan fingerprint density at radius 3 is 2.72 bits per heavy atom. The first kappa shape index (κ1) is 17.3. The lowest BCUT2D eigenvalue weighted by molar-refractivity contribution is -0.137. The van der Waals surface area contributed by atoms with Crippen LogP contribution in [0, 0.1) is 0 Å². The highest BCUT2D eigenvalue weighted by molar-refractivity contribution is 5.91. The maximum atomic E-state index is 12.7. The van der Waals surface area contributed by atoms with E-state index in [0.29, 0.717) is 13.1 Å². The summed E-state index contributed by atoms with van der Waals surface area (Å²) in [6, 6.07) is 1.88. The van der Waals surface area contributed by atoms with Crippen molar-refractivity contribution in [3.63, 3.8) is 0 Å². The minimum Gasteiger partial charge on any atom is -0.310 e. The summed E-state index contributed by atoms with van der Waals surface area (Å²) in [5, 5.41) is 13.5. The van der Waals surface area contributed by atoms with Gasteiger partial charge >= 0.3 is 6.18 Å². The second-order valence-corrected chi connectivity index (χ2v) is 5.77. The van der Waals surface area contributed by atoms with Gasteiger partial charge in [-0.2, -0.15) is 13.2 Å². The number of tetrazole rings is 1. The van der Waals surface area contributed by atoms with E-state index in [4.69, 9.17) is 0 Å². The highest BCUT2D eigenvalue weighted by atomic mass is 19.4. The van der Waals surface area contributed by atoms with Gasteiger partial charge in [0.15, 0.2) is 0 Å². The highest BCUT2D eigenvalue weighted by Crippen LogP contribution is 2.29. The lowest BCUT2D eigenvalue weighted by Crippen LogP contribution is -2.39. The van der Waals surface area contributed by atoms with E-state index in [1.54, 1.807) is 11.0 Å². The number of halogens is 3. The maximum Gasteiger partial charge on any atom is 0.416 e. The molecule has 0 spiro atoms. The molecule has 1 N–H and O–H groups in total. The predicted octanol–water partition coefficient (Wildman–Crippen LogP) is 1.36. The Kier molecular flexibility index (Phi) is 4.93. The van der Waals surface area contributed by atoms with Crippen molar-refractivity contribution in [1.82, 2.24) is 30.1 Å². The third-order valence-electron chi connectivity index (χ3n) is 4.02. The van der Waals surface area contributed by atoms with Crippen LogP contribution in [0.4, 0.5) is 19.0 Å². The van der Waals surface area contributed by atoms with E-state index in [2.05, 4.69) is 25.8 Å². The number of aromatic nitrogens is 5. The van der Waals surface area contributed by atoms with Gasteiger partial charge in [0.05, 0.1) is 18.2 Å². The van der Waals surface area contributed by atoms with Crippen LogP contribution in [0.1, 0.15) is 24.4 Å². The van der Waals surface area contributed by atoms with Crippen LogP contribution in [0.15, 0.2) is 24.7 Å². The van der Waals surface area contributed by atoms with E-state index in [1.807, 2.05) is 4.90 Å². The van der Waals surface area contributed by atoms with E-state index in [1.165, 1.54) is 0 Å². The van der Waals surface area contributed by atoms with Crippen LogP contribution in [-0.2, 0) is 11.0 Å².